The van der Waals surface area contributed by atoms with E-state index in [1.807, 2.05) is 30.7 Å². The first kappa shape index (κ1) is 9.64. The van der Waals surface area contributed by atoms with Crippen molar-refractivity contribution >= 4 is 5.95 Å². The molecule has 0 aliphatic rings. The molecule has 5 heteroatoms. The van der Waals surface area contributed by atoms with Crippen LogP contribution in [0.1, 0.15) is 11.4 Å². The summed E-state index contributed by atoms with van der Waals surface area (Å²) in [6.07, 6.45) is 2.26. The standard InChI is InChI=1S/C10H11FN4/c1-7-3-4-8(2)15(7)14-10-12-5-9(11)6-13-10/h3-6H,1-2H3,(H,12,13,14). The molecule has 15 heavy (non-hydrogen) atoms. The third-order valence-electron chi connectivity index (χ3n) is 2.10. The summed E-state index contributed by atoms with van der Waals surface area (Å²) in [5.41, 5.74) is 5.06. The Bertz CT molecular complexity index is 441. The van der Waals surface area contributed by atoms with Crippen molar-refractivity contribution in [2.24, 2.45) is 0 Å². The molecule has 0 atom stereocenters. The number of aromatic nitrogens is 3. The Balaban J connectivity index is 2.25. The van der Waals surface area contributed by atoms with Crippen LogP contribution in [-0.4, -0.2) is 14.6 Å². The van der Waals surface area contributed by atoms with E-state index in [1.165, 1.54) is 0 Å². The van der Waals surface area contributed by atoms with Gasteiger partial charge in [0.05, 0.1) is 12.4 Å². The van der Waals surface area contributed by atoms with Crippen LogP contribution in [0.4, 0.5) is 10.3 Å². The number of nitrogens with zero attached hydrogens (tertiary/aromatic N) is 3. The number of nitrogens with one attached hydrogen (secondary N) is 1. The van der Waals surface area contributed by atoms with Gasteiger partial charge in [-0.05, 0) is 26.0 Å². The fraction of sp³-hybridized carbons (Fsp3) is 0.200. The molecule has 0 amide bonds. The van der Waals surface area contributed by atoms with Gasteiger partial charge < -0.3 is 0 Å². The Hall–Kier alpha value is -1.91. The predicted octanol–water partition coefficient (Wildman–Crippen LogP) is 1.91. The van der Waals surface area contributed by atoms with Crippen molar-refractivity contribution in [1.82, 2.24) is 14.6 Å². The van der Waals surface area contributed by atoms with Crippen molar-refractivity contribution in [2.75, 3.05) is 5.43 Å². The minimum Gasteiger partial charge on any atom is -0.262 e. The lowest BCUT2D eigenvalue weighted by Crippen LogP contribution is -2.14. The largest absolute Gasteiger partial charge is 0.262 e. The van der Waals surface area contributed by atoms with Crippen LogP contribution in [0.3, 0.4) is 0 Å². The van der Waals surface area contributed by atoms with Crippen LogP contribution in [0.5, 0.6) is 0 Å². The van der Waals surface area contributed by atoms with E-state index in [4.69, 9.17) is 0 Å². The Labute approximate surface area is 86.8 Å². The number of anilines is 1. The Kier molecular flexibility index (Phi) is 2.37. The molecule has 1 N–H and O–H groups in total. The molecule has 0 fully saturated rings. The molecule has 0 bridgehead atoms. The zero-order chi connectivity index (χ0) is 10.8. The van der Waals surface area contributed by atoms with E-state index < -0.39 is 5.82 Å². The van der Waals surface area contributed by atoms with Crippen molar-refractivity contribution in [3.05, 3.63) is 41.7 Å². The number of hydrogen-bond acceptors (Lipinski definition) is 3. The first-order valence-corrected chi connectivity index (χ1v) is 4.56. The number of aryl methyl sites for hydroxylation is 2. The topological polar surface area (TPSA) is 42.7 Å². The van der Waals surface area contributed by atoms with Crippen LogP contribution in [0, 0.1) is 19.7 Å². The molecule has 0 aliphatic heterocycles. The lowest BCUT2D eigenvalue weighted by Gasteiger charge is -2.10. The average molecular weight is 206 g/mol. The van der Waals surface area contributed by atoms with E-state index in [1.54, 1.807) is 0 Å². The summed E-state index contributed by atoms with van der Waals surface area (Å²) < 4.78 is 14.4. The summed E-state index contributed by atoms with van der Waals surface area (Å²) in [7, 11) is 0. The van der Waals surface area contributed by atoms with Crippen molar-refractivity contribution in [3.63, 3.8) is 0 Å². The molecule has 0 saturated carbocycles. The highest BCUT2D eigenvalue weighted by molar-refractivity contribution is 5.27. The van der Waals surface area contributed by atoms with Gasteiger partial charge in [0.25, 0.3) is 0 Å². The van der Waals surface area contributed by atoms with E-state index in [0.717, 1.165) is 23.8 Å². The van der Waals surface area contributed by atoms with E-state index in [2.05, 4.69) is 15.4 Å². The molecule has 2 aromatic heterocycles. The predicted molar refractivity (Wildman–Crippen MR) is 54.9 cm³/mol. The van der Waals surface area contributed by atoms with Crippen LogP contribution >= 0.6 is 0 Å². The van der Waals surface area contributed by atoms with Crippen LogP contribution in [0.15, 0.2) is 24.5 Å². The van der Waals surface area contributed by atoms with Crippen LogP contribution in [-0.2, 0) is 0 Å². The fourth-order valence-electron chi connectivity index (χ4n) is 1.31. The zero-order valence-electron chi connectivity index (χ0n) is 8.53. The number of rotatable bonds is 2. The van der Waals surface area contributed by atoms with Crippen LogP contribution < -0.4 is 5.43 Å². The third kappa shape index (κ3) is 1.96. The summed E-state index contributed by atoms with van der Waals surface area (Å²) in [5.74, 6) is -0.0692. The lowest BCUT2D eigenvalue weighted by molar-refractivity contribution is 0.613. The highest BCUT2D eigenvalue weighted by Crippen LogP contribution is 2.07. The van der Waals surface area contributed by atoms with Crippen molar-refractivity contribution in [1.29, 1.82) is 0 Å². The monoisotopic (exact) mass is 206 g/mol. The fourth-order valence-corrected chi connectivity index (χ4v) is 1.31. The lowest BCUT2D eigenvalue weighted by atomic mass is 10.5. The minimum atomic E-state index is -0.443. The van der Waals surface area contributed by atoms with Gasteiger partial charge in [-0.2, -0.15) is 0 Å². The molecule has 0 spiro atoms. The molecule has 0 aliphatic carbocycles. The molecule has 0 aromatic carbocycles. The molecule has 78 valence electrons. The van der Waals surface area contributed by atoms with E-state index in [-0.39, 0.29) is 0 Å². The van der Waals surface area contributed by atoms with Gasteiger partial charge in [0.15, 0.2) is 5.82 Å². The smallest absolute Gasteiger partial charge is 0.242 e. The summed E-state index contributed by atoms with van der Waals surface area (Å²) in [6, 6.07) is 3.96. The summed E-state index contributed by atoms with van der Waals surface area (Å²) in [4.78, 5) is 7.63. The van der Waals surface area contributed by atoms with Gasteiger partial charge in [0.1, 0.15) is 0 Å². The molecule has 4 nitrogen and oxygen atoms in total. The highest BCUT2D eigenvalue weighted by atomic mass is 19.1. The molecular formula is C10H11FN4. The van der Waals surface area contributed by atoms with Gasteiger partial charge >= 0.3 is 0 Å². The second-order valence-corrected chi connectivity index (χ2v) is 3.29. The van der Waals surface area contributed by atoms with Gasteiger partial charge in [-0.3, -0.25) is 10.1 Å². The minimum absolute atomic E-state index is 0.374. The third-order valence-corrected chi connectivity index (χ3v) is 2.10. The van der Waals surface area contributed by atoms with Gasteiger partial charge in [-0.15, -0.1) is 0 Å². The molecule has 2 heterocycles. The molecule has 0 unspecified atom stereocenters. The van der Waals surface area contributed by atoms with Gasteiger partial charge in [0, 0.05) is 11.4 Å². The maximum atomic E-state index is 12.6. The van der Waals surface area contributed by atoms with Gasteiger partial charge in [-0.25, -0.2) is 14.4 Å². The summed E-state index contributed by atoms with van der Waals surface area (Å²) >= 11 is 0. The Morgan fingerprint density at radius 1 is 1.13 bits per heavy atom. The van der Waals surface area contributed by atoms with Crippen molar-refractivity contribution in [2.45, 2.75) is 13.8 Å². The zero-order valence-corrected chi connectivity index (χ0v) is 8.53. The van der Waals surface area contributed by atoms with E-state index in [9.17, 15) is 4.39 Å². The van der Waals surface area contributed by atoms with Crippen molar-refractivity contribution in [3.8, 4) is 0 Å². The molecular weight excluding hydrogens is 195 g/mol. The first-order valence-electron chi connectivity index (χ1n) is 4.56. The maximum absolute atomic E-state index is 12.6. The molecule has 2 rings (SSSR count). The quantitative estimate of drug-likeness (QED) is 0.816. The average Bonchev–Trinajstić information content (AvgIpc) is 2.53. The normalized spacial score (nSPS) is 10.3. The van der Waals surface area contributed by atoms with Crippen molar-refractivity contribution < 1.29 is 4.39 Å². The number of halogens is 1. The van der Waals surface area contributed by atoms with E-state index >= 15 is 0 Å². The molecule has 2 aromatic rings. The van der Waals surface area contributed by atoms with Crippen LogP contribution in [0.2, 0.25) is 0 Å². The first-order chi connectivity index (χ1) is 7.16. The highest BCUT2D eigenvalue weighted by Gasteiger charge is 2.02. The Morgan fingerprint density at radius 2 is 1.67 bits per heavy atom. The van der Waals surface area contributed by atoms with Gasteiger partial charge in [-0.1, -0.05) is 0 Å². The molecule has 0 radical (unpaired) electrons. The van der Waals surface area contributed by atoms with Gasteiger partial charge in [0.2, 0.25) is 5.95 Å². The Morgan fingerprint density at radius 3 is 2.20 bits per heavy atom. The summed E-state index contributed by atoms with van der Waals surface area (Å²) in [5, 5.41) is 0. The van der Waals surface area contributed by atoms with E-state index in [0.29, 0.717) is 5.95 Å². The maximum Gasteiger partial charge on any atom is 0.242 e. The SMILES string of the molecule is Cc1ccc(C)n1Nc1ncc(F)cn1. The summed E-state index contributed by atoms with van der Waals surface area (Å²) in [6.45, 7) is 3.92. The number of hydrogen-bond donors (Lipinski definition) is 1. The molecule has 0 saturated heterocycles. The second kappa shape index (κ2) is 3.68. The van der Waals surface area contributed by atoms with Crippen LogP contribution in [0.25, 0.3) is 0 Å². The second-order valence-electron chi connectivity index (χ2n) is 3.29.